The maximum absolute atomic E-state index is 13.2. The molecule has 0 bridgehead atoms. The van der Waals surface area contributed by atoms with Crippen LogP contribution in [0.2, 0.25) is 0 Å². The number of hydrogen-bond acceptors (Lipinski definition) is 2. The Bertz CT molecular complexity index is 423. The van der Waals surface area contributed by atoms with Gasteiger partial charge in [-0.05, 0) is 22.0 Å². The van der Waals surface area contributed by atoms with E-state index in [4.69, 9.17) is 5.84 Å². The van der Waals surface area contributed by atoms with Crippen LogP contribution < -0.4 is 5.84 Å². The molecule has 0 saturated carbocycles. The topological polar surface area (TPSA) is 46.3 Å². The van der Waals surface area contributed by atoms with E-state index in [9.17, 15) is 18.0 Å². The first kappa shape index (κ1) is 12.0. The fourth-order valence-electron chi connectivity index (χ4n) is 0.918. The van der Waals surface area contributed by atoms with E-state index in [-0.39, 0.29) is 0 Å². The van der Waals surface area contributed by atoms with E-state index in [1.54, 1.807) is 0 Å². The minimum absolute atomic E-state index is 0.533. The third-order valence-electron chi connectivity index (χ3n) is 1.65. The maximum atomic E-state index is 13.2. The van der Waals surface area contributed by atoms with Gasteiger partial charge in [0, 0.05) is 7.05 Å². The summed E-state index contributed by atoms with van der Waals surface area (Å²) in [6, 6.07) is 0.578. The van der Waals surface area contributed by atoms with Crippen molar-refractivity contribution >= 4 is 21.8 Å². The van der Waals surface area contributed by atoms with E-state index in [1.807, 2.05) is 0 Å². The number of carbonyl (C=O) groups is 1. The second-order valence-electron chi connectivity index (χ2n) is 2.76. The summed E-state index contributed by atoms with van der Waals surface area (Å²) in [7, 11) is 1.14. The molecule has 0 radical (unpaired) electrons. The number of nitrogens with two attached hydrogens (primary N) is 1. The van der Waals surface area contributed by atoms with Crippen molar-refractivity contribution in [3.05, 3.63) is 33.6 Å². The number of benzene rings is 1. The van der Waals surface area contributed by atoms with Crippen molar-refractivity contribution in [2.24, 2.45) is 5.84 Å². The van der Waals surface area contributed by atoms with Gasteiger partial charge in [-0.25, -0.2) is 19.0 Å². The van der Waals surface area contributed by atoms with Crippen LogP contribution in [0.1, 0.15) is 10.4 Å². The van der Waals surface area contributed by atoms with E-state index < -0.39 is 33.4 Å². The summed E-state index contributed by atoms with van der Waals surface area (Å²) in [6.45, 7) is 0. The average Bonchev–Trinajstić information content (AvgIpc) is 2.19. The zero-order chi connectivity index (χ0) is 11.7. The molecule has 3 nitrogen and oxygen atoms in total. The molecule has 0 heterocycles. The molecule has 1 amide bonds. The molecule has 0 aromatic heterocycles. The molecule has 82 valence electrons. The van der Waals surface area contributed by atoms with Gasteiger partial charge in [-0.1, -0.05) is 0 Å². The number of rotatable bonds is 1. The lowest BCUT2D eigenvalue weighted by molar-refractivity contribution is 0.0788. The fourth-order valence-corrected chi connectivity index (χ4v) is 1.21. The second kappa shape index (κ2) is 4.19. The normalized spacial score (nSPS) is 10.3. The smallest absolute Gasteiger partial charge is 0.270 e. The van der Waals surface area contributed by atoms with Gasteiger partial charge >= 0.3 is 0 Å². The molecule has 0 aliphatic heterocycles. The Balaban J connectivity index is 3.39. The third-order valence-corrected chi connectivity index (χ3v) is 2.38. The summed E-state index contributed by atoms with van der Waals surface area (Å²) in [4.78, 5) is 11.2. The van der Waals surface area contributed by atoms with Crippen LogP contribution in [0.3, 0.4) is 0 Å². The number of hydrazine groups is 1. The van der Waals surface area contributed by atoms with Crippen LogP contribution in [-0.4, -0.2) is 18.0 Å². The Kier molecular flexibility index (Phi) is 3.35. The molecule has 0 fully saturated rings. The second-order valence-corrected chi connectivity index (χ2v) is 3.56. The number of nitrogens with zero attached hydrogens (tertiary/aromatic N) is 1. The molecule has 2 N–H and O–H groups in total. The number of hydrogen-bond donors (Lipinski definition) is 1. The zero-order valence-corrected chi connectivity index (χ0v) is 9.11. The minimum atomic E-state index is -1.46. The zero-order valence-electron chi connectivity index (χ0n) is 7.52. The highest BCUT2D eigenvalue weighted by Crippen LogP contribution is 2.25. The van der Waals surface area contributed by atoms with E-state index in [0.717, 1.165) is 7.05 Å². The number of halogens is 4. The molecular weight excluding hydrogens is 277 g/mol. The predicted molar refractivity (Wildman–Crippen MR) is 50.3 cm³/mol. The van der Waals surface area contributed by atoms with Crippen LogP contribution in [0.15, 0.2) is 10.5 Å². The van der Waals surface area contributed by atoms with Crippen LogP contribution in [0.4, 0.5) is 13.2 Å². The van der Waals surface area contributed by atoms with Crippen molar-refractivity contribution in [3.63, 3.8) is 0 Å². The summed E-state index contributed by atoms with van der Waals surface area (Å²) < 4.78 is 38.5. The molecule has 0 unspecified atom stereocenters. The van der Waals surface area contributed by atoms with Gasteiger partial charge in [-0.2, -0.15) is 0 Å². The van der Waals surface area contributed by atoms with E-state index in [0.29, 0.717) is 11.1 Å². The molecular formula is C8H6BrF3N2O. The largest absolute Gasteiger partial charge is 0.280 e. The Morgan fingerprint density at radius 2 is 1.93 bits per heavy atom. The van der Waals surface area contributed by atoms with Gasteiger partial charge in [0.05, 0.1) is 10.0 Å². The van der Waals surface area contributed by atoms with Crippen LogP contribution >= 0.6 is 15.9 Å². The van der Waals surface area contributed by atoms with Crippen molar-refractivity contribution in [1.29, 1.82) is 0 Å². The highest BCUT2D eigenvalue weighted by molar-refractivity contribution is 9.10. The third kappa shape index (κ3) is 2.13. The fraction of sp³-hybridized carbons (Fsp3) is 0.125. The van der Waals surface area contributed by atoms with Gasteiger partial charge in [0.15, 0.2) is 11.6 Å². The van der Waals surface area contributed by atoms with Crippen molar-refractivity contribution in [1.82, 2.24) is 5.01 Å². The molecule has 15 heavy (non-hydrogen) atoms. The lowest BCUT2D eigenvalue weighted by Crippen LogP contribution is -2.34. The van der Waals surface area contributed by atoms with Crippen LogP contribution in [-0.2, 0) is 0 Å². The van der Waals surface area contributed by atoms with Crippen LogP contribution in [0, 0.1) is 17.5 Å². The molecule has 0 aliphatic carbocycles. The molecule has 0 aliphatic rings. The van der Waals surface area contributed by atoms with Crippen molar-refractivity contribution in [2.45, 2.75) is 0 Å². The van der Waals surface area contributed by atoms with Gasteiger partial charge in [-0.15, -0.1) is 0 Å². The van der Waals surface area contributed by atoms with Gasteiger partial charge in [0.2, 0.25) is 0 Å². The standard InChI is InChI=1S/C8H6BrF3N2O/c1-14(13)8(15)3-2-4(10)5(9)7(12)6(3)11/h2H,13H2,1H3. The van der Waals surface area contributed by atoms with Gasteiger partial charge in [0.25, 0.3) is 5.91 Å². The summed E-state index contributed by atoms with van der Waals surface area (Å²) >= 11 is 2.50. The van der Waals surface area contributed by atoms with Crippen molar-refractivity contribution in [3.8, 4) is 0 Å². The van der Waals surface area contributed by atoms with Gasteiger partial charge in [0.1, 0.15) is 5.82 Å². The van der Waals surface area contributed by atoms with Gasteiger partial charge in [-0.3, -0.25) is 9.80 Å². The molecule has 1 aromatic rings. The molecule has 1 aromatic carbocycles. The van der Waals surface area contributed by atoms with E-state index in [1.165, 1.54) is 0 Å². The molecule has 1 rings (SSSR count). The molecule has 7 heteroatoms. The minimum Gasteiger partial charge on any atom is -0.280 e. The van der Waals surface area contributed by atoms with Crippen LogP contribution in [0.25, 0.3) is 0 Å². The first-order valence-electron chi connectivity index (χ1n) is 3.72. The molecule has 0 saturated heterocycles. The Hall–Kier alpha value is -1.08. The SMILES string of the molecule is CN(N)C(=O)c1cc(F)c(Br)c(F)c1F. The van der Waals surface area contributed by atoms with Crippen LogP contribution in [0.5, 0.6) is 0 Å². The lowest BCUT2D eigenvalue weighted by Gasteiger charge is -2.11. The summed E-state index contributed by atoms with van der Waals surface area (Å²) in [5.41, 5.74) is -0.752. The predicted octanol–water partition coefficient (Wildman–Crippen LogP) is 1.81. The van der Waals surface area contributed by atoms with E-state index >= 15 is 0 Å². The Morgan fingerprint density at radius 1 is 1.40 bits per heavy atom. The highest BCUT2D eigenvalue weighted by Gasteiger charge is 2.22. The summed E-state index contributed by atoms with van der Waals surface area (Å²) in [6.07, 6.45) is 0. The van der Waals surface area contributed by atoms with Crippen molar-refractivity contribution in [2.75, 3.05) is 7.05 Å². The number of amides is 1. The first-order chi connectivity index (χ1) is 6.86. The average molecular weight is 283 g/mol. The van der Waals surface area contributed by atoms with Gasteiger partial charge < -0.3 is 0 Å². The highest BCUT2D eigenvalue weighted by atomic mass is 79.9. The lowest BCUT2D eigenvalue weighted by atomic mass is 10.2. The monoisotopic (exact) mass is 282 g/mol. The first-order valence-corrected chi connectivity index (χ1v) is 4.51. The molecule has 0 atom stereocenters. The van der Waals surface area contributed by atoms with E-state index in [2.05, 4.69) is 15.9 Å². The Labute approximate surface area is 91.8 Å². The van der Waals surface area contributed by atoms with Crippen molar-refractivity contribution < 1.29 is 18.0 Å². The summed E-state index contributed by atoms with van der Waals surface area (Å²) in [5, 5.41) is 0.533. The number of carbonyl (C=O) groups excluding carboxylic acids is 1. The summed E-state index contributed by atoms with van der Waals surface area (Å²) in [5.74, 6) is 0.0519. The quantitative estimate of drug-likeness (QED) is 0.281. The molecule has 0 spiro atoms. The Morgan fingerprint density at radius 3 is 2.40 bits per heavy atom. The maximum Gasteiger partial charge on any atom is 0.270 e.